The van der Waals surface area contributed by atoms with Crippen LogP contribution in [-0.4, -0.2) is 59.0 Å². The molecule has 7 heteroatoms. The number of rotatable bonds is 5. The molecule has 1 aliphatic carbocycles. The van der Waals surface area contributed by atoms with Crippen molar-refractivity contribution in [2.75, 3.05) is 38.7 Å². The Balaban J connectivity index is 1.23. The average Bonchev–Trinajstić information content (AvgIpc) is 3.21. The number of nitrogens with zero attached hydrogens (tertiary/aromatic N) is 4. The number of anilines is 2. The first-order valence-electron chi connectivity index (χ1n) is 12.5. The highest BCUT2D eigenvalue weighted by molar-refractivity contribution is 5.72. The number of benzene rings is 2. The standard InChI is InChI=1S/C28H31N5O2/c1-34-27-5-3-2-4-25(27)26-13-12-24-19-29-28(31-33(24)26)30-22-9-6-20-7-10-23(11-8-21(20)18-22)32-14-16-35-17-15-32/h2-6,9,12-13,18-19,23H,7-8,10-11,14-17H2,1H3,(H,30,31). The van der Waals surface area contributed by atoms with Crippen molar-refractivity contribution in [3.8, 4) is 17.0 Å². The van der Waals surface area contributed by atoms with E-state index in [9.17, 15) is 0 Å². The first-order valence-corrected chi connectivity index (χ1v) is 12.5. The minimum absolute atomic E-state index is 0.574. The van der Waals surface area contributed by atoms with Gasteiger partial charge in [-0.25, -0.2) is 9.50 Å². The van der Waals surface area contributed by atoms with E-state index in [1.54, 1.807) is 7.11 Å². The molecule has 1 fully saturated rings. The number of ether oxygens (including phenoxy) is 2. The van der Waals surface area contributed by atoms with Gasteiger partial charge in [0.2, 0.25) is 5.95 Å². The summed E-state index contributed by atoms with van der Waals surface area (Å²) < 4.78 is 13.0. The van der Waals surface area contributed by atoms with E-state index in [4.69, 9.17) is 14.6 Å². The fraction of sp³-hybridized carbons (Fsp3) is 0.357. The van der Waals surface area contributed by atoms with Crippen molar-refractivity contribution >= 4 is 17.2 Å². The van der Waals surface area contributed by atoms with Crippen LogP contribution in [0.4, 0.5) is 11.6 Å². The summed E-state index contributed by atoms with van der Waals surface area (Å²) in [7, 11) is 1.69. The number of nitrogens with one attached hydrogen (secondary N) is 1. The molecule has 180 valence electrons. The third-order valence-corrected chi connectivity index (χ3v) is 7.30. The lowest BCUT2D eigenvalue weighted by Crippen LogP contribution is -2.43. The number of aryl methyl sites for hydroxylation is 2. The van der Waals surface area contributed by atoms with Crippen LogP contribution in [0.2, 0.25) is 0 Å². The van der Waals surface area contributed by atoms with Crippen LogP contribution in [0.1, 0.15) is 24.0 Å². The number of morpholine rings is 1. The number of para-hydroxylation sites is 1. The second kappa shape index (κ2) is 9.68. The topological polar surface area (TPSA) is 63.9 Å². The van der Waals surface area contributed by atoms with Crippen LogP contribution in [0.5, 0.6) is 5.75 Å². The molecule has 0 amide bonds. The van der Waals surface area contributed by atoms with E-state index in [0.29, 0.717) is 12.0 Å². The number of hydrogen-bond donors (Lipinski definition) is 1. The lowest BCUT2D eigenvalue weighted by atomic mass is 10.0. The van der Waals surface area contributed by atoms with Crippen molar-refractivity contribution in [3.63, 3.8) is 0 Å². The molecule has 1 N–H and O–H groups in total. The Morgan fingerprint density at radius 2 is 1.80 bits per heavy atom. The fourth-order valence-electron chi connectivity index (χ4n) is 5.42. The van der Waals surface area contributed by atoms with E-state index in [1.807, 2.05) is 41.0 Å². The molecule has 1 aliphatic heterocycles. The van der Waals surface area contributed by atoms with Crippen LogP contribution < -0.4 is 10.1 Å². The predicted molar refractivity (Wildman–Crippen MR) is 138 cm³/mol. The van der Waals surface area contributed by atoms with E-state index in [1.165, 1.54) is 24.0 Å². The molecular weight excluding hydrogens is 438 g/mol. The largest absolute Gasteiger partial charge is 0.496 e. The first-order chi connectivity index (χ1) is 17.3. The lowest BCUT2D eigenvalue weighted by Gasteiger charge is -2.33. The number of methoxy groups -OCH3 is 1. The highest BCUT2D eigenvalue weighted by atomic mass is 16.5. The van der Waals surface area contributed by atoms with Gasteiger partial charge in [-0.2, -0.15) is 0 Å². The molecular formula is C28H31N5O2. The Hall–Kier alpha value is -3.42. The van der Waals surface area contributed by atoms with Gasteiger partial charge in [0.05, 0.1) is 37.7 Å². The summed E-state index contributed by atoms with van der Waals surface area (Å²) in [6.07, 6.45) is 6.50. The van der Waals surface area contributed by atoms with Gasteiger partial charge in [0.15, 0.2) is 0 Å². The maximum absolute atomic E-state index is 5.57. The van der Waals surface area contributed by atoms with E-state index in [2.05, 4.69) is 39.5 Å². The van der Waals surface area contributed by atoms with Crippen LogP contribution in [-0.2, 0) is 17.6 Å². The molecule has 1 atom stereocenters. The molecule has 1 saturated heterocycles. The highest BCUT2D eigenvalue weighted by Gasteiger charge is 2.24. The Morgan fingerprint density at radius 1 is 0.971 bits per heavy atom. The van der Waals surface area contributed by atoms with Gasteiger partial charge in [-0.15, -0.1) is 5.10 Å². The lowest BCUT2D eigenvalue weighted by molar-refractivity contribution is 0.0136. The van der Waals surface area contributed by atoms with Crippen molar-refractivity contribution in [3.05, 3.63) is 71.9 Å². The molecule has 0 radical (unpaired) electrons. The van der Waals surface area contributed by atoms with Gasteiger partial charge < -0.3 is 14.8 Å². The van der Waals surface area contributed by atoms with E-state index in [0.717, 1.165) is 67.4 Å². The van der Waals surface area contributed by atoms with Crippen LogP contribution in [0, 0.1) is 0 Å². The first kappa shape index (κ1) is 22.1. The van der Waals surface area contributed by atoms with Gasteiger partial charge in [0.25, 0.3) is 0 Å². The zero-order valence-electron chi connectivity index (χ0n) is 20.1. The van der Waals surface area contributed by atoms with E-state index >= 15 is 0 Å². The van der Waals surface area contributed by atoms with Gasteiger partial charge in [-0.1, -0.05) is 18.2 Å². The van der Waals surface area contributed by atoms with Gasteiger partial charge in [-0.05, 0) is 73.2 Å². The molecule has 4 aromatic rings. The van der Waals surface area contributed by atoms with Crippen molar-refractivity contribution in [1.82, 2.24) is 19.5 Å². The molecule has 3 heterocycles. The molecule has 0 bridgehead atoms. The van der Waals surface area contributed by atoms with Crippen LogP contribution in [0.3, 0.4) is 0 Å². The average molecular weight is 470 g/mol. The van der Waals surface area contributed by atoms with Crippen molar-refractivity contribution in [2.45, 2.75) is 31.7 Å². The Bertz CT molecular complexity index is 1330. The molecule has 0 spiro atoms. The summed E-state index contributed by atoms with van der Waals surface area (Å²) in [5.41, 5.74) is 6.83. The third-order valence-electron chi connectivity index (χ3n) is 7.30. The number of aromatic nitrogens is 3. The van der Waals surface area contributed by atoms with Crippen LogP contribution >= 0.6 is 0 Å². The molecule has 2 aromatic heterocycles. The Labute approximate surface area is 205 Å². The summed E-state index contributed by atoms with van der Waals surface area (Å²) >= 11 is 0. The van der Waals surface area contributed by atoms with Crippen molar-refractivity contribution in [2.24, 2.45) is 0 Å². The molecule has 7 nitrogen and oxygen atoms in total. The normalized spacial score (nSPS) is 18.7. The molecule has 2 aliphatic rings. The number of hydrogen-bond acceptors (Lipinski definition) is 6. The maximum atomic E-state index is 5.57. The zero-order chi connectivity index (χ0) is 23.6. The summed E-state index contributed by atoms with van der Waals surface area (Å²) in [6.45, 7) is 3.85. The zero-order valence-corrected chi connectivity index (χ0v) is 20.1. The van der Waals surface area contributed by atoms with Crippen LogP contribution in [0.25, 0.3) is 16.8 Å². The van der Waals surface area contributed by atoms with Crippen molar-refractivity contribution < 1.29 is 9.47 Å². The van der Waals surface area contributed by atoms with E-state index in [-0.39, 0.29) is 0 Å². The van der Waals surface area contributed by atoms with Gasteiger partial charge in [0, 0.05) is 30.4 Å². The summed E-state index contributed by atoms with van der Waals surface area (Å²) in [4.78, 5) is 7.18. The monoisotopic (exact) mass is 469 g/mol. The predicted octanol–water partition coefficient (Wildman–Crippen LogP) is 4.73. The quantitative estimate of drug-likeness (QED) is 0.427. The van der Waals surface area contributed by atoms with Gasteiger partial charge >= 0.3 is 0 Å². The molecule has 6 rings (SSSR count). The molecule has 1 unspecified atom stereocenters. The summed E-state index contributed by atoms with van der Waals surface area (Å²) in [5, 5.41) is 8.24. The van der Waals surface area contributed by atoms with E-state index < -0.39 is 0 Å². The molecule has 2 aromatic carbocycles. The summed E-state index contributed by atoms with van der Waals surface area (Å²) in [6, 6.07) is 19.4. The van der Waals surface area contributed by atoms with Crippen LogP contribution in [0.15, 0.2) is 60.8 Å². The summed E-state index contributed by atoms with van der Waals surface area (Å²) in [5.74, 6) is 1.39. The minimum Gasteiger partial charge on any atom is -0.496 e. The second-order valence-electron chi connectivity index (χ2n) is 9.33. The fourth-order valence-corrected chi connectivity index (χ4v) is 5.42. The van der Waals surface area contributed by atoms with Gasteiger partial charge in [-0.3, -0.25) is 4.90 Å². The maximum Gasteiger partial charge on any atom is 0.245 e. The van der Waals surface area contributed by atoms with Crippen molar-refractivity contribution in [1.29, 1.82) is 0 Å². The SMILES string of the molecule is COc1ccccc1-c1ccc2cnc(Nc3ccc4c(c3)CCC(N3CCOCC3)CC4)nn12. The minimum atomic E-state index is 0.574. The highest BCUT2D eigenvalue weighted by Crippen LogP contribution is 2.31. The molecule has 0 saturated carbocycles. The van der Waals surface area contributed by atoms with Gasteiger partial charge in [0.1, 0.15) is 5.75 Å². The smallest absolute Gasteiger partial charge is 0.245 e. The Kier molecular flexibility index (Phi) is 6.10. The number of fused-ring (bicyclic) bond motifs is 2. The Morgan fingerprint density at radius 3 is 2.66 bits per heavy atom. The molecule has 35 heavy (non-hydrogen) atoms. The third kappa shape index (κ3) is 4.49. The second-order valence-corrected chi connectivity index (χ2v) is 9.33.